The van der Waals surface area contributed by atoms with Crippen LogP contribution in [0.3, 0.4) is 0 Å². The predicted octanol–water partition coefficient (Wildman–Crippen LogP) is 3.31. The molecule has 0 bridgehead atoms. The second-order valence-electron chi connectivity index (χ2n) is 4.20. The summed E-state index contributed by atoms with van der Waals surface area (Å²) in [6.45, 7) is 4.79. The normalized spacial score (nSPS) is 22.4. The molecule has 0 aliphatic carbocycles. The van der Waals surface area contributed by atoms with Gasteiger partial charge in [-0.3, -0.25) is 0 Å². The number of hydrogen-bond donors (Lipinski definition) is 0. The second kappa shape index (κ2) is 4.50. The minimum atomic E-state index is 0.906. The average molecular weight is 189 g/mol. The van der Waals surface area contributed by atoms with Crippen LogP contribution in [0.1, 0.15) is 26.2 Å². The highest BCUT2D eigenvalue weighted by atomic mass is 15.1. The van der Waals surface area contributed by atoms with Gasteiger partial charge in [-0.05, 0) is 30.9 Å². The van der Waals surface area contributed by atoms with E-state index in [1.165, 1.54) is 38.0 Å². The van der Waals surface area contributed by atoms with Crippen LogP contribution in [-0.4, -0.2) is 13.1 Å². The van der Waals surface area contributed by atoms with E-state index in [4.69, 9.17) is 0 Å². The summed E-state index contributed by atoms with van der Waals surface area (Å²) in [6, 6.07) is 10.8. The summed E-state index contributed by atoms with van der Waals surface area (Å²) in [5, 5.41) is 0. The van der Waals surface area contributed by atoms with Crippen molar-refractivity contribution in [2.24, 2.45) is 5.92 Å². The van der Waals surface area contributed by atoms with Crippen molar-refractivity contribution in [3.8, 4) is 0 Å². The van der Waals surface area contributed by atoms with E-state index in [1.807, 2.05) is 0 Å². The third kappa shape index (κ3) is 2.09. The number of piperidine rings is 1. The third-order valence-electron chi connectivity index (χ3n) is 3.22. The fourth-order valence-electron chi connectivity index (χ4n) is 2.27. The van der Waals surface area contributed by atoms with E-state index < -0.39 is 0 Å². The highest BCUT2D eigenvalue weighted by molar-refractivity contribution is 5.46. The Bertz CT molecular complexity index is 268. The maximum absolute atomic E-state index is 2.53. The fourth-order valence-corrected chi connectivity index (χ4v) is 2.27. The van der Waals surface area contributed by atoms with Crippen molar-refractivity contribution < 1.29 is 0 Å². The Kier molecular flexibility index (Phi) is 3.07. The first kappa shape index (κ1) is 9.57. The molecule has 0 saturated carbocycles. The molecule has 0 radical (unpaired) electrons. The van der Waals surface area contributed by atoms with Crippen LogP contribution in [0.15, 0.2) is 30.3 Å². The standard InChI is InChI=1S/C13H19N/c1-2-12-7-6-10-14(11-12)13-8-4-3-5-9-13/h3-5,8-9,12H,2,6-7,10-11H2,1H3/t12-/m1/s1. The zero-order valence-electron chi connectivity index (χ0n) is 8.95. The van der Waals surface area contributed by atoms with E-state index in [-0.39, 0.29) is 0 Å². The number of rotatable bonds is 2. The largest absolute Gasteiger partial charge is 0.371 e. The first-order valence-electron chi connectivity index (χ1n) is 5.70. The van der Waals surface area contributed by atoms with Crippen molar-refractivity contribution in [3.05, 3.63) is 30.3 Å². The van der Waals surface area contributed by atoms with Gasteiger partial charge in [0.05, 0.1) is 0 Å². The molecular formula is C13H19N. The molecule has 1 saturated heterocycles. The average Bonchev–Trinajstić information content (AvgIpc) is 2.30. The SMILES string of the molecule is CC[C@@H]1CCCN(c2ccccc2)C1. The number of nitrogens with zero attached hydrogens (tertiary/aromatic N) is 1. The Morgan fingerprint density at radius 2 is 2.07 bits per heavy atom. The Labute approximate surface area is 86.7 Å². The Morgan fingerprint density at radius 3 is 2.79 bits per heavy atom. The van der Waals surface area contributed by atoms with Crippen LogP contribution in [0, 0.1) is 5.92 Å². The van der Waals surface area contributed by atoms with E-state index in [0.29, 0.717) is 0 Å². The van der Waals surface area contributed by atoms with Crippen LogP contribution in [0.25, 0.3) is 0 Å². The topological polar surface area (TPSA) is 3.24 Å². The highest BCUT2D eigenvalue weighted by Crippen LogP contribution is 2.24. The van der Waals surface area contributed by atoms with Crippen LogP contribution >= 0.6 is 0 Å². The molecule has 1 atom stereocenters. The van der Waals surface area contributed by atoms with Gasteiger partial charge in [0.25, 0.3) is 0 Å². The summed E-state index contributed by atoms with van der Waals surface area (Å²) < 4.78 is 0. The van der Waals surface area contributed by atoms with Gasteiger partial charge in [0.2, 0.25) is 0 Å². The molecule has 0 N–H and O–H groups in total. The lowest BCUT2D eigenvalue weighted by Gasteiger charge is -2.34. The maximum Gasteiger partial charge on any atom is 0.0366 e. The molecule has 1 fully saturated rings. The quantitative estimate of drug-likeness (QED) is 0.690. The highest BCUT2D eigenvalue weighted by Gasteiger charge is 2.17. The van der Waals surface area contributed by atoms with E-state index in [9.17, 15) is 0 Å². The summed E-state index contributed by atoms with van der Waals surface area (Å²) in [5.41, 5.74) is 1.39. The Balaban J connectivity index is 2.04. The molecule has 0 unspecified atom stereocenters. The fraction of sp³-hybridized carbons (Fsp3) is 0.538. The molecule has 1 aliphatic heterocycles. The molecule has 1 aromatic carbocycles. The van der Waals surface area contributed by atoms with Crippen molar-refractivity contribution in [1.29, 1.82) is 0 Å². The van der Waals surface area contributed by atoms with Gasteiger partial charge >= 0.3 is 0 Å². The monoisotopic (exact) mass is 189 g/mol. The van der Waals surface area contributed by atoms with Gasteiger partial charge in [0.15, 0.2) is 0 Å². The lowest BCUT2D eigenvalue weighted by Crippen LogP contribution is -2.35. The molecule has 1 aliphatic rings. The minimum Gasteiger partial charge on any atom is -0.371 e. The van der Waals surface area contributed by atoms with Gasteiger partial charge in [-0.1, -0.05) is 31.5 Å². The lowest BCUT2D eigenvalue weighted by atomic mass is 9.95. The summed E-state index contributed by atoms with van der Waals surface area (Å²) in [5.74, 6) is 0.906. The van der Waals surface area contributed by atoms with Gasteiger partial charge in [0, 0.05) is 18.8 Å². The van der Waals surface area contributed by atoms with Gasteiger partial charge < -0.3 is 4.90 Å². The second-order valence-corrected chi connectivity index (χ2v) is 4.20. The first-order valence-corrected chi connectivity index (χ1v) is 5.70. The van der Waals surface area contributed by atoms with Gasteiger partial charge in [-0.2, -0.15) is 0 Å². The maximum atomic E-state index is 2.53. The van der Waals surface area contributed by atoms with Crippen LogP contribution < -0.4 is 4.90 Å². The molecule has 1 aromatic rings. The predicted molar refractivity (Wildman–Crippen MR) is 61.7 cm³/mol. The first-order chi connectivity index (χ1) is 6.90. The molecule has 2 rings (SSSR count). The Morgan fingerprint density at radius 1 is 1.29 bits per heavy atom. The van der Waals surface area contributed by atoms with Crippen LogP contribution in [0.2, 0.25) is 0 Å². The molecule has 0 spiro atoms. The molecule has 0 aromatic heterocycles. The van der Waals surface area contributed by atoms with Crippen molar-refractivity contribution in [2.75, 3.05) is 18.0 Å². The molecule has 76 valence electrons. The van der Waals surface area contributed by atoms with Crippen LogP contribution in [-0.2, 0) is 0 Å². The number of benzene rings is 1. The molecule has 1 nitrogen and oxygen atoms in total. The van der Waals surface area contributed by atoms with Crippen molar-refractivity contribution in [1.82, 2.24) is 0 Å². The smallest absolute Gasteiger partial charge is 0.0366 e. The summed E-state index contributed by atoms with van der Waals surface area (Å²) in [7, 11) is 0. The summed E-state index contributed by atoms with van der Waals surface area (Å²) in [6.07, 6.45) is 4.09. The molecular weight excluding hydrogens is 170 g/mol. The summed E-state index contributed by atoms with van der Waals surface area (Å²) in [4.78, 5) is 2.53. The van der Waals surface area contributed by atoms with Crippen molar-refractivity contribution >= 4 is 5.69 Å². The summed E-state index contributed by atoms with van der Waals surface area (Å²) >= 11 is 0. The van der Waals surface area contributed by atoms with E-state index in [0.717, 1.165) is 5.92 Å². The van der Waals surface area contributed by atoms with Crippen molar-refractivity contribution in [2.45, 2.75) is 26.2 Å². The Hall–Kier alpha value is -0.980. The van der Waals surface area contributed by atoms with E-state index >= 15 is 0 Å². The van der Waals surface area contributed by atoms with E-state index in [1.54, 1.807) is 0 Å². The zero-order valence-corrected chi connectivity index (χ0v) is 8.95. The molecule has 14 heavy (non-hydrogen) atoms. The minimum absolute atomic E-state index is 0.906. The molecule has 1 heterocycles. The molecule has 0 amide bonds. The van der Waals surface area contributed by atoms with Crippen LogP contribution in [0.4, 0.5) is 5.69 Å². The number of hydrogen-bond acceptors (Lipinski definition) is 1. The van der Waals surface area contributed by atoms with Crippen molar-refractivity contribution in [3.63, 3.8) is 0 Å². The van der Waals surface area contributed by atoms with E-state index in [2.05, 4.69) is 42.2 Å². The van der Waals surface area contributed by atoms with Gasteiger partial charge in [0.1, 0.15) is 0 Å². The zero-order chi connectivity index (χ0) is 9.80. The van der Waals surface area contributed by atoms with Crippen LogP contribution in [0.5, 0.6) is 0 Å². The number of anilines is 1. The van der Waals surface area contributed by atoms with Gasteiger partial charge in [-0.15, -0.1) is 0 Å². The van der Waals surface area contributed by atoms with Gasteiger partial charge in [-0.25, -0.2) is 0 Å². The molecule has 1 heteroatoms. The lowest BCUT2D eigenvalue weighted by molar-refractivity contribution is 0.405. The number of para-hydroxylation sites is 1. The third-order valence-corrected chi connectivity index (χ3v) is 3.22.